The summed E-state index contributed by atoms with van der Waals surface area (Å²) in [6.07, 6.45) is 4.07. The standard InChI is InChI=1S/C19H16N6O2/c1-24-15-5-3-2-4-13(15)16(23-24)12-8-14-17(21-9-12)27-19(10-22-14)6-7-25(11-20)18(19)26/h2-5,8-9,22H,6-7,10H2,1H3. The fraction of sp³-hybridized carbons (Fsp3) is 0.263. The molecule has 5 rings (SSSR count). The summed E-state index contributed by atoms with van der Waals surface area (Å²) in [5.74, 6) is 0.0584. The lowest BCUT2D eigenvalue weighted by molar-refractivity contribution is -0.138. The van der Waals surface area contributed by atoms with Gasteiger partial charge in [0.05, 0.1) is 17.7 Å². The second-order valence-electron chi connectivity index (χ2n) is 6.82. The maximum atomic E-state index is 12.5. The van der Waals surface area contributed by atoms with E-state index in [4.69, 9.17) is 10.00 Å². The molecule has 2 aromatic heterocycles. The minimum absolute atomic E-state index is 0.311. The molecule has 0 saturated carbocycles. The van der Waals surface area contributed by atoms with Gasteiger partial charge >= 0.3 is 0 Å². The summed E-state index contributed by atoms with van der Waals surface area (Å²) in [5.41, 5.74) is 2.43. The predicted octanol–water partition coefficient (Wildman–Crippen LogP) is 1.89. The van der Waals surface area contributed by atoms with Crippen LogP contribution in [0.2, 0.25) is 0 Å². The van der Waals surface area contributed by atoms with Crippen molar-refractivity contribution in [2.45, 2.75) is 12.0 Å². The Morgan fingerprint density at radius 2 is 2.22 bits per heavy atom. The third-order valence-electron chi connectivity index (χ3n) is 5.23. The molecule has 0 radical (unpaired) electrons. The van der Waals surface area contributed by atoms with E-state index in [1.54, 1.807) is 6.20 Å². The molecule has 0 aliphatic carbocycles. The number of aryl methyl sites for hydroxylation is 1. The number of fused-ring (bicyclic) bond motifs is 2. The van der Waals surface area contributed by atoms with E-state index in [1.165, 1.54) is 0 Å². The zero-order valence-electron chi connectivity index (χ0n) is 14.6. The van der Waals surface area contributed by atoms with Crippen molar-refractivity contribution < 1.29 is 9.53 Å². The van der Waals surface area contributed by atoms with Crippen LogP contribution in [0.1, 0.15) is 6.42 Å². The summed E-state index contributed by atoms with van der Waals surface area (Å²) in [6.45, 7) is 0.676. The Bertz CT molecular complexity index is 1130. The van der Waals surface area contributed by atoms with Crippen LogP contribution in [0.25, 0.3) is 22.2 Å². The smallest absolute Gasteiger partial charge is 0.281 e. The fourth-order valence-electron chi connectivity index (χ4n) is 3.78. The summed E-state index contributed by atoms with van der Waals surface area (Å²) in [6, 6.07) is 9.96. The van der Waals surface area contributed by atoms with Gasteiger partial charge in [-0.1, -0.05) is 18.2 Å². The molecule has 1 spiro atoms. The highest BCUT2D eigenvalue weighted by molar-refractivity contribution is 5.94. The van der Waals surface area contributed by atoms with Crippen LogP contribution < -0.4 is 10.1 Å². The Morgan fingerprint density at radius 1 is 1.37 bits per heavy atom. The first-order valence-electron chi connectivity index (χ1n) is 8.68. The second-order valence-corrected chi connectivity index (χ2v) is 6.82. The first-order valence-corrected chi connectivity index (χ1v) is 8.68. The normalized spacial score (nSPS) is 21.0. The van der Waals surface area contributed by atoms with Gasteiger partial charge in [-0.15, -0.1) is 0 Å². The van der Waals surface area contributed by atoms with Crippen molar-refractivity contribution in [3.63, 3.8) is 0 Å². The van der Waals surface area contributed by atoms with Gasteiger partial charge in [-0.05, 0) is 12.1 Å². The molecule has 1 atom stereocenters. The van der Waals surface area contributed by atoms with E-state index in [0.29, 0.717) is 25.4 Å². The molecule has 1 saturated heterocycles. The second kappa shape index (κ2) is 5.45. The number of anilines is 1. The van der Waals surface area contributed by atoms with Crippen LogP contribution in [0, 0.1) is 11.5 Å². The zero-order valence-corrected chi connectivity index (χ0v) is 14.6. The minimum atomic E-state index is -1.05. The van der Waals surface area contributed by atoms with Gasteiger partial charge in [0.15, 0.2) is 6.19 Å². The number of para-hydroxylation sites is 1. The monoisotopic (exact) mass is 360 g/mol. The van der Waals surface area contributed by atoms with Crippen molar-refractivity contribution in [3.8, 4) is 23.3 Å². The number of likely N-dealkylation sites (tertiary alicyclic amines) is 1. The molecule has 1 amide bonds. The van der Waals surface area contributed by atoms with E-state index in [0.717, 1.165) is 32.7 Å². The molecule has 8 heteroatoms. The summed E-state index contributed by atoms with van der Waals surface area (Å²) in [7, 11) is 1.91. The van der Waals surface area contributed by atoms with Crippen molar-refractivity contribution in [2.75, 3.05) is 18.4 Å². The Kier molecular flexibility index (Phi) is 3.15. The molecular weight excluding hydrogens is 344 g/mol. The van der Waals surface area contributed by atoms with Gasteiger partial charge in [-0.25, -0.2) is 9.88 Å². The third-order valence-corrected chi connectivity index (χ3v) is 5.23. The van der Waals surface area contributed by atoms with Crippen LogP contribution in [0.4, 0.5) is 5.69 Å². The number of carbonyl (C=O) groups excluding carboxylic acids is 1. The number of rotatable bonds is 1. The lowest BCUT2D eigenvalue weighted by Crippen LogP contribution is -2.51. The first kappa shape index (κ1) is 15.6. The quantitative estimate of drug-likeness (QED) is 0.666. The number of nitrogens with one attached hydrogen (secondary N) is 1. The Morgan fingerprint density at radius 3 is 3.04 bits per heavy atom. The topological polar surface area (TPSA) is 96.1 Å². The van der Waals surface area contributed by atoms with Crippen LogP contribution in [0.5, 0.6) is 5.88 Å². The molecule has 1 aromatic carbocycles. The molecule has 0 bridgehead atoms. The number of hydrogen-bond acceptors (Lipinski definition) is 6. The van der Waals surface area contributed by atoms with Crippen molar-refractivity contribution in [1.82, 2.24) is 19.7 Å². The van der Waals surface area contributed by atoms with E-state index in [-0.39, 0.29) is 5.91 Å². The molecular formula is C19H16N6O2. The lowest BCUT2D eigenvalue weighted by Gasteiger charge is -2.33. The van der Waals surface area contributed by atoms with Crippen LogP contribution >= 0.6 is 0 Å². The van der Waals surface area contributed by atoms with Crippen LogP contribution in [0.3, 0.4) is 0 Å². The van der Waals surface area contributed by atoms with Crippen molar-refractivity contribution in [2.24, 2.45) is 7.05 Å². The van der Waals surface area contributed by atoms with Gasteiger partial charge in [0.25, 0.3) is 5.91 Å². The minimum Gasteiger partial charge on any atom is -0.457 e. The Balaban J connectivity index is 1.53. The Hall–Kier alpha value is -3.60. The van der Waals surface area contributed by atoms with Gasteiger partial charge in [0.2, 0.25) is 11.5 Å². The highest BCUT2D eigenvalue weighted by Gasteiger charge is 2.51. The van der Waals surface area contributed by atoms with Gasteiger partial charge in [-0.2, -0.15) is 10.4 Å². The summed E-state index contributed by atoms with van der Waals surface area (Å²) in [4.78, 5) is 18.0. The molecule has 4 heterocycles. The van der Waals surface area contributed by atoms with Crippen LogP contribution in [0.15, 0.2) is 36.5 Å². The largest absolute Gasteiger partial charge is 0.457 e. The van der Waals surface area contributed by atoms with Crippen molar-refractivity contribution >= 4 is 22.5 Å². The number of aromatic nitrogens is 3. The number of hydrogen-bond donors (Lipinski definition) is 1. The maximum absolute atomic E-state index is 12.5. The van der Waals surface area contributed by atoms with Crippen LogP contribution in [-0.2, 0) is 11.8 Å². The van der Waals surface area contributed by atoms with Gasteiger partial charge in [-0.3, -0.25) is 9.48 Å². The van der Waals surface area contributed by atoms with Crippen molar-refractivity contribution in [3.05, 3.63) is 36.5 Å². The van der Waals surface area contributed by atoms with Crippen molar-refractivity contribution in [1.29, 1.82) is 5.26 Å². The number of nitriles is 1. The summed E-state index contributed by atoms with van der Waals surface area (Å²) >= 11 is 0. The zero-order chi connectivity index (χ0) is 18.6. The molecule has 2 aliphatic heterocycles. The molecule has 8 nitrogen and oxygen atoms in total. The number of ether oxygens (including phenoxy) is 1. The predicted molar refractivity (Wildman–Crippen MR) is 97.7 cm³/mol. The van der Waals surface area contributed by atoms with Gasteiger partial charge < -0.3 is 10.1 Å². The van der Waals surface area contributed by atoms with Crippen LogP contribution in [-0.4, -0.2) is 44.3 Å². The molecule has 134 valence electrons. The SMILES string of the molecule is Cn1nc(-c2cnc3c(c2)NCC2(CCN(C#N)C2=O)O3)c2ccccc21. The van der Waals surface area contributed by atoms with E-state index < -0.39 is 5.60 Å². The lowest BCUT2D eigenvalue weighted by atomic mass is 10.00. The highest BCUT2D eigenvalue weighted by atomic mass is 16.5. The van der Waals surface area contributed by atoms with E-state index in [9.17, 15) is 4.79 Å². The summed E-state index contributed by atoms with van der Waals surface area (Å²) in [5, 5.41) is 18.0. The molecule has 1 N–H and O–H groups in total. The first-order chi connectivity index (χ1) is 13.1. The average molecular weight is 360 g/mol. The summed E-state index contributed by atoms with van der Waals surface area (Å²) < 4.78 is 7.81. The number of pyridine rings is 1. The van der Waals surface area contributed by atoms with Gasteiger partial charge in [0.1, 0.15) is 5.69 Å². The number of amides is 1. The Labute approximate surface area is 155 Å². The number of carbonyl (C=O) groups is 1. The molecule has 1 fully saturated rings. The van der Waals surface area contributed by atoms with E-state index in [1.807, 2.05) is 48.3 Å². The molecule has 3 aromatic rings. The average Bonchev–Trinajstić information content (AvgIpc) is 3.19. The van der Waals surface area contributed by atoms with E-state index >= 15 is 0 Å². The maximum Gasteiger partial charge on any atom is 0.281 e. The van der Waals surface area contributed by atoms with Gasteiger partial charge in [0, 0.05) is 37.2 Å². The molecule has 2 aliphatic rings. The molecule has 1 unspecified atom stereocenters. The van der Waals surface area contributed by atoms with E-state index in [2.05, 4.69) is 15.4 Å². The molecule has 27 heavy (non-hydrogen) atoms. The fourth-order valence-corrected chi connectivity index (χ4v) is 3.78. The number of nitrogens with zero attached hydrogens (tertiary/aromatic N) is 5. The highest BCUT2D eigenvalue weighted by Crippen LogP contribution is 2.39. The number of benzene rings is 1. The third kappa shape index (κ3) is 2.18.